The van der Waals surface area contributed by atoms with Crippen molar-refractivity contribution in [1.29, 1.82) is 0 Å². The Morgan fingerprint density at radius 1 is 1.47 bits per heavy atom. The van der Waals surface area contributed by atoms with Gasteiger partial charge in [-0.25, -0.2) is 0 Å². The Hall–Kier alpha value is -1.02. The molecule has 0 heterocycles. The second-order valence-corrected chi connectivity index (χ2v) is 4.09. The highest BCUT2D eigenvalue weighted by Crippen LogP contribution is 2.30. The van der Waals surface area contributed by atoms with Crippen LogP contribution in [0.4, 0.5) is 0 Å². The number of aryl methyl sites for hydroxylation is 1. The van der Waals surface area contributed by atoms with Gasteiger partial charge in [0.25, 0.3) is 0 Å². The van der Waals surface area contributed by atoms with Crippen molar-refractivity contribution < 1.29 is 9.90 Å². The van der Waals surface area contributed by atoms with Crippen molar-refractivity contribution in [1.82, 2.24) is 0 Å². The summed E-state index contributed by atoms with van der Waals surface area (Å²) in [6, 6.07) is 3.73. The van der Waals surface area contributed by atoms with Gasteiger partial charge in [-0.15, -0.1) is 0 Å². The molecule has 1 rings (SSSR count). The summed E-state index contributed by atoms with van der Waals surface area (Å²) in [6.45, 7) is 5.66. The SMILES string of the molecule is CCC(C(=O)O)c1ccc(C)c(Cl)c1C. The van der Waals surface area contributed by atoms with Gasteiger partial charge in [0, 0.05) is 5.02 Å². The summed E-state index contributed by atoms with van der Waals surface area (Å²) in [4.78, 5) is 11.0. The van der Waals surface area contributed by atoms with Gasteiger partial charge in [-0.3, -0.25) is 4.79 Å². The molecule has 0 aliphatic carbocycles. The van der Waals surface area contributed by atoms with Crippen molar-refractivity contribution in [3.05, 3.63) is 33.8 Å². The molecule has 0 spiro atoms. The number of carboxylic acids is 1. The maximum atomic E-state index is 11.0. The first-order valence-electron chi connectivity index (χ1n) is 4.97. The van der Waals surface area contributed by atoms with Crippen molar-refractivity contribution in [2.24, 2.45) is 0 Å². The molecular formula is C12H15ClO2. The van der Waals surface area contributed by atoms with Gasteiger partial charge in [0.1, 0.15) is 0 Å². The predicted octanol–water partition coefficient (Wildman–Crippen LogP) is 3.54. The van der Waals surface area contributed by atoms with Gasteiger partial charge >= 0.3 is 5.97 Å². The lowest BCUT2D eigenvalue weighted by molar-refractivity contribution is -0.138. The fourth-order valence-corrected chi connectivity index (χ4v) is 1.91. The quantitative estimate of drug-likeness (QED) is 0.856. The summed E-state index contributed by atoms with van der Waals surface area (Å²) < 4.78 is 0. The second-order valence-electron chi connectivity index (χ2n) is 3.71. The molecule has 1 unspecified atom stereocenters. The number of hydrogen-bond donors (Lipinski definition) is 1. The third kappa shape index (κ3) is 2.32. The normalized spacial score (nSPS) is 12.5. The van der Waals surface area contributed by atoms with Crippen molar-refractivity contribution in [3.63, 3.8) is 0 Å². The number of benzene rings is 1. The molecular weight excluding hydrogens is 212 g/mol. The number of carbonyl (C=O) groups is 1. The minimum atomic E-state index is -0.791. The van der Waals surface area contributed by atoms with Crippen molar-refractivity contribution in [3.8, 4) is 0 Å². The Morgan fingerprint density at radius 2 is 2.07 bits per heavy atom. The van der Waals surface area contributed by atoms with E-state index in [2.05, 4.69) is 0 Å². The molecule has 2 nitrogen and oxygen atoms in total. The summed E-state index contributed by atoms with van der Waals surface area (Å²) in [5.41, 5.74) is 2.68. The standard InChI is InChI=1S/C12H15ClO2/c1-4-9(12(14)15)10-6-5-7(2)11(13)8(10)3/h5-6,9H,4H2,1-3H3,(H,14,15). The molecule has 1 N–H and O–H groups in total. The van der Waals surface area contributed by atoms with Crippen molar-refractivity contribution in [2.45, 2.75) is 33.1 Å². The first-order valence-corrected chi connectivity index (χ1v) is 5.35. The van der Waals surface area contributed by atoms with E-state index in [4.69, 9.17) is 16.7 Å². The van der Waals surface area contributed by atoms with E-state index in [0.29, 0.717) is 11.4 Å². The molecule has 0 aromatic heterocycles. The lowest BCUT2D eigenvalue weighted by Gasteiger charge is -2.15. The number of halogens is 1. The van der Waals surface area contributed by atoms with Crippen LogP contribution in [-0.2, 0) is 4.79 Å². The van der Waals surface area contributed by atoms with Gasteiger partial charge in [0.2, 0.25) is 0 Å². The van der Waals surface area contributed by atoms with E-state index in [1.54, 1.807) is 0 Å². The minimum absolute atomic E-state index is 0.455. The van der Waals surface area contributed by atoms with Gasteiger partial charge in [-0.05, 0) is 37.0 Å². The van der Waals surface area contributed by atoms with Crippen LogP contribution in [0.3, 0.4) is 0 Å². The average molecular weight is 227 g/mol. The van der Waals surface area contributed by atoms with Gasteiger partial charge in [-0.1, -0.05) is 30.7 Å². The van der Waals surface area contributed by atoms with Crippen LogP contribution in [0, 0.1) is 13.8 Å². The monoisotopic (exact) mass is 226 g/mol. The molecule has 1 atom stereocenters. The largest absolute Gasteiger partial charge is 0.481 e. The lowest BCUT2D eigenvalue weighted by atomic mass is 9.91. The first-order chi connectivity index (χ1) is 6.99. The highest BCUT2D eigenvalue weighted by atomic mass is 35.5. The summed E-state index contributed by atoms with van der Waals surface area (Å²) in [6.07, 6.45) is 0.579. The van der Waals surface area contributed by atoms with Crippen LogP contribution in [0.2, 0.25) is 5.02 Å². The number of rotatable bonds is 3. The van der Waals surface area contributed by atoms with Gasteiger partial charge in [-0.2, -0.15) is 0 Å². The van der Waals surface area contributed by atoms with E-state index in [1.165, 1.54) is 0 Å². The molecule has 0 aliphatic heterocycles. The highest BCUT2D eigenvalue weighted by molar-refractivity contribution is 6.32. The number of carboxylic acid groups (broad SMARTS) is 1. The molecule has 0 amide bonds. The molecule has 0 aliphatic rings. The number of aliphatic carboxylic acids is 1. The van der Waals surface area contributed by atoms with E-state index in [9.17, 15) is 4.79 Å². The Kier molecular flexibility index (Phi) is 3.75. The second kappa shape index (κ2) is 4.67. The molecule has 0 saturated carbocycles. The average Bonchev–Trinajstić information content (AvgIpc) is 2.18. The smallest absolute Gasteiger partial charge is 0.310 e. The molecule has 15 heavy (non-hydrogen) atoms. The van der Waals surface area contributed by atoms with Crippen LogP contribution in [-0.4, -0.2) is 11.1 Å². The molecule has 3 heteroatoms. The summed E-state index contributed by atoms with van der Waals surface area (Å²) in [7, 11) is 0. The van der Waals surface area contributed by atoms with E-state index < -0.39 is 11.9 Å². The Labute approximate surface area is 94.9 Å². The molecule has 82 valence electrons. The summed E-state index contributed by atoms with van der Waals surface area (Å²) >= 11 is 6.10. The van der Waals surface area contributed by atoms with Crippen molar-refractivity contribution >= 4 is 17.6 Å². The first kappa shape index (κ1) is 12.1. The van der Waals surface area contributed by atoms with Crippen molar-refractivity contribution in [2.75, 3.05) is 0 Å². The molecule has 0 saturated heterocycles. The van der Waals surface area contributed by atoms with Crippen LogP contribution in [0.1, 0.15) is 36.0 Å². The topological polar surface area (TPSA) is 37.3 Å². The third-order valence-electron chi connectivity index (χ3n) is 2.70. The molecule has 1 aromatic rings. The lowest BCUT2D eigenvalue weighted by Crippen LogP contribution is -2.12. The van der Waals surface area contributed by atoms with Gasteiger partial charge < -0.3 is 5.11 Å². The summed E-state index contributed by atoms with van der Waals surface area (Å²) in [5, 5.41) is 9.74. The fourth-order valence-electron chi connectivity index (χ4n) is 1.74. The van der Waals surface area contributed by atoms with E-state index in [1.807, 2.05) is 32.9 Å². The van der Waals surface area contributed by atoms with Crippen LogP contribution < -0.4 is 0 Å². The zero-order valence-corrected chi connectivity index (χ0v) is 9.93. The molecule has 1 aromatic carbocycles. The van der Waals surface area contributed by atoms with E-state index in [0.717, 1.165) is 16.7 Å². The highest BCUT2D eigenvalue weighted by Gasteiger charge is 2.20. The van der Waals surface area contributed by atoms with E-state index >= 15 is 0 Å². The zero-order chi connectivity index (χ0) is 11.6. The van der Waals surface area contributed by atoms with Gasteiger partial charge in [0.15, 0.2) is 0 Å². The number of hydrogen-bond acceptors (Lipinski definition) is 1. The summed E-state index contributed by atoms with van der Waals surface area (Å²) in [5.74, 6) is -1.25. The van der Waals surface area contributed by atoms with Crippen LogP contribution >= 0.6 is 11.6 Å². The van der Waals surface area contributed by atoms with E-state index in [-0.39, 0.29) is 0 Å². The minimum Gasteiger partial charge on any atom is -0.481 e. The Morgan fingerprint density at radius 3 is 2.53 bits per heavy atom. The Balaban J connectivity index is 3.25. The maximum Gasteiger partial charge on any atom is 0.310 e. The van der Waals surface area contributed by atoms with Crippen LogP contribution in [0.15, 0.2) is 12.1 Å². The fraction of sp³-hybridized carbons (Fsp3) is 0.417. The molecule has 0 fully saturated rings. The van der Waals surface area contributed by atoms with Crippen LogP contribution in [0.5, 0.6) is 0 Å². The molecule has 0 bridgehead atoms. The van der Waals surface area contributed by atoms with Gasteiger partial charge in [0.05, 0.1) is 5.92 Å². The predicted molar refractivity (Wildman–Crippen MR) is 61.6 cm³/mol. The third-order valence-corrected chi connectivity index (χ3v) is 3.28. The Bertz CT molecular complexity index is 385. The zero-order valence-electron chi connectivity index (χ0n) is 9.17. The maximum absolute atomic E-state index is 11.0. The van der Waals surface area contributed by atoms with Crippen LogP contribution in [0.25, 0.3) is 0 Å². The molecule has 0 radical (unpaired) electrons.